The van der Waals surface area contributed by atoms with Crippen LogP contribution in [0.1, 0.15) is 26.2 Å². The van der Waals surface area contributed by atoms with Crippen molar-refractivity contribution in [3.05, 3.63) is 0 Å². The van der Waals surface area contributed by atoms with Crippen molar-refractivity contribution in [1.29, 1.82) is 0 Å². The topological polar surface area (TPSA) is 41.1 Å². The third-order valence-electron chi connectivity index (χ3n) is 3.31. The average molecular weight is 182 g/mol. The van der Waals surface area contributed by atoms with Crippen LogP contribution in [0.3, 0.4) is 0 Å². The smallest absolute Gasteiger partial charge is 0.220 e. The zero-order chi connectivity index (χ0) is 9.26. The maximum absolute atomic E-state index is 11.5. The minimum absolute atomic E-state index is 0.253. The van der Waals surface area contributed by atoms with Crippen LogP contribution in [0.2, 0.25) is 0 Å². The molecule has 2 unspecified atom stereocenters. The molecule has 0 aromatic rings. The number of amides is 1. The van der Waals surface area contributed by atoms with Gasteiger partial charge in [0.05, 0.1) is 0 Å². The zero-order valence-corrected chi connectivity index (χ0v) is 8.18. The number of rotatable bonds is 3. The molecule has 2 rings (SSSR count). The van der Waals surface area contributed by atoms with E-state index < -0.39 is 0 Å². The summed E-state index contributed by atoms with van der Waals surface area (Å²) in [6, 6.07) is 0.473. The summed E-state index contributed by atoms with van der Waals surface area (Å²) in [5.74, 6) is 1.54. The van der Waals surface area contributed by atoms with Crippen LogP contribution in [0.25, 0.3) is 0 Å². The minimum Gasteiger partial charge on any atom is -0.353 e. The normalized spacial score (nSPS) is 33.3. The van der Waals surface area contributed by atoms with Gasteiger partial charge in [0.1, 0.15) is 0 Å². The van der Waals surface area contributed by atoms with Crippen LogP contribution in [0.15, 0.2) is 0 Å². The van der Waals surface area contributed by atoms with Crippen molar-refractivity contribution < 1.29 is 4.79 Å². The van der Waals surface area contributed by atoms with Gasteiger partial charge in [-0.25, -0.2) is 0 Å². The molecule has 3 nitrogen and oxygen atoms in total. The molecule has 1 aliphatic heterocycles. The second-order valence-corrected chi connectivity index (χ2v) is 4.46. The largest absolute Gasteiger partial charge is 0.353 e. The zero-order valence-electron chi connectivity index (χ0n) is 8.18. The second kappa shape index (κ2) is 3.66. The molecule has 1 aliphatic carbocycles. The van der Waals surface area contributed by atoms with Gasteiger partial charge in [-0.1, -0.05) is 6.92 Å². The van der Waals surface area contributed by atoms with Gasteiger partial charge in [0.2, 0.25) is 5.91 Å². The fourth-order valence-corrected chi connectivity index (χ4v) is 1.90. The maximum atomic E-state index is 11.5. The van der Waals surface area contributed by atoms with E-state index in [2.05, 4.69) is 17.6 Å². The first-order valence-corrected chi connectivity index (χ1v) is 5.26. The molecule has 1 amide bonds. The number of hydrogen-bond donors (Lipinski definition) is 2. The van der Waals surface area contributed by atoms with Crippen molar-refractivity contribution in [1.82, 2.24) is 10.6 Å². The lowest BCUT2D eigenvalue weighted by molar-refractivity contribution is -0.124. The molecular weight excluding hydrogens is 164 g/mol. The van der Waals surface area contributed by atoms with E-state index in [9.17, 15) is 4.79 Å². The molecule has 0 spiro atoms. The molecular formula is C10H18N2O. The lowest BCUT2D eigenvalue weighted by Crippen LogP contribution is -2.49. The highest BCUT2D eigenvalue weighted by molar-refractivity contribution is 5.76. The van der Waals surface area contributed by atoms with Crippen molar-refractivity contribution in [2.75, 3.05) is 13.1 Å². The molecule has 0 bridgehead atoms. The number of nitrogens with one attached hydrogen (secondary N) is 2. The van der Waals surface area contributed by atoms with E-state index in [1.165, 1.54) is 12.8 Å². The Morgan fingerprint density at radius 3 is 2.62 bits per heavy atom. The summed E-state index contributed by atoms with van der Waals surface area (Å²) in [6.45, 7) is 4.25. The third kappa shape index (κ3) is 2.02. The van der Waals surface area contributed by atoms with E-state index in [1.54, 1.807) is 0 Å². The highest BCUT2D eigenvalue weighted by Crippen LogP contribution is 2.26. The first-order chi connectivity index (χ1) is 6.25. The van der Waals surface area contributed by atoms with Gasteiger partial charge < -0.3 is 10.6 Å². The fourth-order valence-electron chi connectivity index (χ4n) is 1.90. The molecule has 1 heterocycles. The SMILES string of the molecule is CC1CCC1NC(=O)CC1CNC1. The molecule has 13 heavy (non-hydrogen) atoms. The van der Waals surface area contributed by atoms with Crippen LogP contribution in [-0.2, 0) is 4.79 Å². The Kier molecular flexibility index (Phi) is 2.54. The summed E-state index contributed by atoms with van der Waals surface area (Å²) < 4.78 is 0. The van der Waals surface area contributed by atoms with Crippen molar-refractivity contribution in [2.24, 2.45) is 11.8 Å². The lowest BCUT2D eigenvalue weighted by atomic mass is 9.81. The van der Waals surface area contributed by atoms with Gasteiger partial charge in [-0.2, -0.15) is 0 Å². The third-order valence-corrected chi connectivity index (χ3v) is 3.31. The van der Waals surface area contributed by atoms with Gasteiger partial charge in [0.15, 0.2) is 0 Å². The minimum atomic E-state index is 0.253. The van der Waals surface area contributed by atoms with E-state index in [4.69, 9.17) is 0 Å². The summed E-state index contributed by atoms with van der Waals surface area (Å²) in [7, 11) is 0. The number of carbonyl (C=O) groups is 1. The lowest BCUT2D eigenvalue weighted by Gasteiger charge is -2.35. The molecule has 1 saturated carbocycles. The molecule has 74 valence electrons. The van der Waals surface area contributed by atoms with E-state index in [0.717, 1.165) is 19.5 Å². The van der Waals surface area contributed by atoms with Crippen LogP contribution in [0, 0.1) is 11.8 Å². The van der Waals surface area contributed by atoms with E-state index in [0.29, 0.717) is 17.9 Å². The van der Waals surface area contributed by atoms with E-state index >= 15 is 0 Å². The molecule has 0 radical (unpaired) electrons. The van der Waals surface area contributed by atoms with Crippen molar-refractivity contribution >= 4 is 5.91 Å². The fraction of sp³-hybridized carbons (Fsp3) is 0.900. The molecule has 2 fully saturated rings. The van der Waals surface area contributed by atoms with Crippen LogP contribution in [0.4, 0.5) is 0 Å². The van der Waals surface area contributed by atoms with Crippen LogP contribution < -0.4 is 10.6 Å². The Morgan fingerprint density at radius 2 is 2.23 bits per heavy atom. The molecule has 0 aromatic heterocycles. The summed E-state index contributed by atoms with van der Waals surface area (Å²) in [6.07, 6.45) is 3.17. The van der Waals surface area contributed by atoms with Crippen LogP contribution >= 0.6 is 0 Å². The highest BCUT2D eigenvalue weighted by atomic mass is 16.1. The number of hydrogen-bond acceptors (Lipinski definition) is 2. The molecule has 2 aliphatic rings. The summed E-state index contributed by atoms with van der Waals surface area (Å²) in [5, 5.41) is 6.28. The van der Waals surface area contributed by atoms with Crippen LogP contribution in [0.5, 0.6) is 0 Å². The van der Waals surface area contributed by atoms with Gasteiger partial charge in [0, 0.05) is 12.5 Å². The first-order valence-electron chi connectivity index (χ1n) is 5.26. The van der Waals surface area contributed by atoms with Gasteiger partial charge in [0.25, 0.3) is 0 Å². The van der Waals surface area contributed by atoms with Crippen molar-refractivity contribution in [3.63, 3.8) is 0 Å². The van der Waals surface area contributed by atoms with Crippen molar-refractivity contribution in [2.45, 2.75) is 32.2 Å². The van der Waals surface area contributed by atoms with Gasteiger partial charge in [-0.3, -0.25) is 4.79 Å². The molecule has 0 aromatic carbocycles. The Labute approximate surface area is 79.3 Å². The summed E-state index contributed by atoms with van der Waals surface area (Å²) >= 11 is 0. The average Bonchev–Trinajstić information content (AvgIpc) is 2.05. The molecule has 1 saturated heterocycles. The van der Waals surface area contributed by atoms with Gasteiger partial charge in [-0.15, -0.1) is 0 Å². The predicted octanol–water partition coefficient (Wildman–Crippen LogP) is 0.511. The first kappa shape index (κ1) is 9.00. The number of carbonyl (C=O) groups excluding carboxylic acids is 1. The Morgan fingerprint density at radius 1 is 1.46 bits per heavy atom. The van der Waals surface area contributed by atoms with Crippen LogP contribution in [-0.4, -0.2) is 25.0 Å². The van der Waals surface area contributed by atoms with E-state index in [1.807, 2.05) is 0 Å². The standard InChI is InChI=1S/C10H18N2O/c1-7-2-3-9(7)12-10(13)4-8-5-11-6-8/h7-9,11H,2-6H2,1H3,(H,12,13). The second-order valence-electron chi connectivity index (χ2n) is 4.46. The van der Waals surface area contributed by atoms with Gasteiger partial charge in [-0.05, 0) is 37.8 Å². The summed E-state index contributed by atoms with van der Waals surface area (Å²) in [5.41, 5.74) is 0. The maximum Gasteiger partial charge on any atom is 0.220 e. The highest BCUT2D eigenvalue weighted by Gasteiger charge is 2.29. The van der Waals surface area contributed by atoms with E-state index in [-0.39, 0.29) is 5.91 Å². The predicted molar refractivity (Wildman–Crippen MR) is 51.3 cm³/mol. The molecule has 3 heteroatoms. The van der Waals surface area contributed by atoms with Crippen molar-refractivity contribution in [3.8, 4) is 0 Å². The molecule has 2 N–H and O–H groups in total. The monoisotopic (exact) mass is 182 g/mol. The quantitative estimate of drug-likeness (QED) is 0.667. The Hall–Kier alpha value is -0.570. The summed E-state index contributed by atoms with van der Waals surface area (Å²) in [4.78, 5) is 11.5. The molecule has 2 atom stereocenters. The Balaban J connectivity index is 1.65. The Bertz CT molecular complexity index is 201. The van der Waals surface area contributed by atoms with Gasteiger partial charge >= 0.3 is 0 Å².